The molecule has 0 aliphatic heterocycles. The standard InChI is InChI=1S/C11H12N2O3/c14-9(15)7-11(4-5-11)13-10(16)8-3-1-2-6-12-8/h1-3,6H,4-5,7H2,(H,13,16)(H,14,15). The van der Waals surface area contributed by atoms with E-state index >= 15 is 0 Å². The van der Waals surface area contributed by atoms with Gasteiger partial charge in [-0.3, -0.25) is 14.6 Å². The Morgan fingerprint density at radius 2 is 2.19 bits per heavy atom. The van der Waals surface area contributed by atoms with Gasteiger partial charge in [0.15, 0.2) is 0 Å². The Labute approximate surface area is 92.5 Å². The third-order valence-electron chi connectivity index (χ3n) is 2.62. The van der Waals surface area contributed by atoms with E-state index in [4.69, 9.17) is 5.11 Å². The second kappa shape index (κ2) is 3.92. The average Bonchev–Trinajstić information content (AvgIpc) is 2.98. The van der Waals surface area contributed by atoms with E-state index in [0.29, 0.717) is 5.69 Å². The van der Waals surface area contributed by atoms with Crippen molar-refractivity contribution in [2.75, 3.05) is 0 Å². The molecule has 0 radical (unpaired) electrons. The number of nitrogens with one attached hydrogen (secondary N) is 1. The molecule has 0 spiro atoms. The van der Waals surface area contributed by atoms with Gasteiger partial charge in [-0.25, -0.2) is 0 Å². The molecule has 16 heavy (non-hydrogen) atoms. The zero-order valence-corrected chi connectivity index (χ0v) is 8.64. The summed E-state index contributed by atoms with van der Waals surface area (Å²) in [6.07, 6.45) is 2.95. The molecule has 1 aromatic rings. The van der Waals surface area contributed by atoms with Crippen molar-refractivity contribution in [3.63, 3.8) is 0 Å². The van der Waals surface area contributed by atoms with Crippen LogP contribution in [0, 0.1) is 0 Å². The first-order valence-corrected chi connectivity index (χ1v) is 5.07. The molecule has 1 heterocycles. The van der Waals surface area contributed by atoms with Crippen molar-refractivity contribution in [1.29, 1.82) is 0 Å². The first-order chi connectivity index (χ1) is 7.61. The normalized spacial score (nSPS) is 16.5. The fraction of sp³-hybridized carbons (Fsp3) is 0.364. The van der Waals surface area contributed by atoms with Gasteiger partial charge < -0.3 is 10.4 Å². The highest BCUT2D eigenvalue weighted by molar-refractivity contribution is 5.93. The van der Waals surface area contributed by atoms with Crippen LogP contribution in [-0.4, -0.2) is 27.5 Å². The molecule has 1 fully saturated rings. The number of rotatable bonds is 4. The van der Waals surface area contributed by atoms with E-state index in [2.05, 4.69) is 10.3 Å². The largest absolute Gasteiger partial charge is 0.481 e. The molecule has 1 aromatic heterocycles. The highest BCUT2D eigenvalue weighted by Crippen LogP contribution is 2.38. The number of carbonyl (C=O) groups is 2. The van der Waals surface area contributed by atoms with E-state index in [1.165, 1.54) is 6.20 Å². The lowest BCUT2D eigenvalue weighted by Crippen LogP contribution is -2.38. The molecule has 1 aliphatic rings. The molecule has 2 rings (SSSR count). The molecule has 1 saturated carbocycles. The van der Waals surface area contributed by atoms with E-state index < -0.39 is 11.5 Å². The van der Waals surface area contributed by atoms with Crippen LogP contribution < -0.4 is 5.32 Å². The van der Waals surface area contributed by atoms with Gasteiger partial charge in [-0.05, 0) is 25.0 Å². The molecule has 2 N–H and O–H groups in total. The number of pyridine rings is 1. The Morgan fingerprint density at radius 1 is 1.44 bits per heavy atom. The minimum Gasteiger partial charge on any atom is -0.481 e. The van der Waals surface area contributed by atoms with Crippen LogP contribution in [-0.2, 0) is 4.79 Å². The Balaban J connectivity index is 2.01. The van der Waals surface area contributed by atoms with Crippen LogP contribution in [0.5, 0.6) is 0 Å². The maximum atomic E-state index is 11.7. The quantitative estimate of drug-likeness (QED) is 0.787. The van der Waals surface area contributed by atoms with Crippen molar-refractivity contribution in [3.8, 4) is 0 Å². The third-order valence-corrected chi connectivity index (χ3v) is 2.62. The van der Waals surface area contributed by atoms with Gasteiger partial charge in [0, 0.05) is 6.20 Å². The maximum absolute atomic E-state index is 11.7. The SMILES string of the molecule is O=C(O)CC1(NC(=O)c2ccccn2)CC1. The molecular formula is C11H12N2O3. The van der Waals surface area contributed by atoms with E-state index in [1.54, 1.807) is 18.2 Å². The number of carboxylic acids is 1. The van der Waals surface area contributed by atoms with Gasteiger partial charge in [0.05, 0.1) is 12.0 Å². The van der Waals surface area contributed by atoms with Crippen LogP contribution in [0.15, 0.2) is 24.4 Å². The number of carbonyl (C=O) groups excluding carboxylic acids is 1. The van der Waals surface area contributed by atoms with E-state index in [-0.39, 0.29) is 12.3 Å². The van der Waals surface area contributed by atoms with Crippen LogP contribution in [0.1, 0.15) is 29.8 Å². The zero-order valence-electron chi connectivity index (χ0n) is 8.64. The summed E-state index contributed by atoms with van der Waals surface area (Å²) in [6, 6.07) is 5.05. The van der Waals surface area contributed by atoms with Crippen LogP contribution in [0.25, 0.3) is 0 Å². The van der Waals surface area contributed by atoms with E-state index in [0.717, 1.165) is 12.8 Å². The summed E-state index contributed by atoms with van der Waals surface area (Å²) in [5.74, 6) is -1.20. The van der Waals surface area contributed by atoms with Gasteiger partial charge >= 0.3 is 5.97 Å². The van der Waals surface area contributed by atoms with Crippen molar-refractivity contribution in [3.05, 3.63) is 30.1 Å². The molecule has 0 aromatic carbocycles. The number of amides is 1. The van der Waals surface area contributed by atoms with E-state index in [1.807, 2.05) is 0 Å². The maximum Gasteiger partial charge on any atom is 0.305 e. The van der Waals surface area contributed by atoms with Crippen molar-refractivity contribution >= 4 is 11.9 Å². The minimum absolute atomic E-state index is 0.0222. The molecule has 0 bridgehead atoms. The molecule has 1 amide bonds. The third kappa shape index (κ3) is 2.36. The highest BCUT2D eigenvalue weighted by atomic mass is 16.4. The van der Waals surface area contributed by atoms with E-state index in [9.17, 15) is 9.59 Å². The lowest BCUT2D eigenvalue weighted by Gasteiger charge is -2.14. The summed E-state index contributed by atoms with van der Waals surface area (Å²) in [7, 11) is 0. The Morgan fingerprint density at radius 3 is 2.69 bits per heavy atom. The molecule has 84 valence electrons. The van der Waals surface area contributed by atoms with Gasteiger partial charge in [-0.1, -0.05) is 6.07 Å². The number of hydrogen-bond donors (Lipinski definition) is 2. The molecule has 0 unspecified atom stereocenters. The Hall–Kier alpha value is -1.91. The van der Waals surface area contributed by atoms with Crippen molar-refractivity contribution in [2.45, 2.75) is 24.8 Å². The monoisotopic (exact) mass is 220 g/mol. The summed E-state index contributed by atoms with van der Waals surface area (Å²) in [4.78, 5) is 26.2. The smallest absolute Gasteiger partial charge is 0.305 e. The molecular weight excluding hydrogens is 208 g/mol. The van der Waals surface area contributed by atoms with Gasteiger partial charge in [-0.2, -0.15) is 0 Å². The Bertz CT molecular complexity index is 412. The van der Waals surface area contributed by atoms with Crippen LogP contribution >= 0.6 is 0 Å². The molecule has 5 nitrogen and oxygen atoms in total. The topological polar surface area (TPSA) is 79.3 Å². The number of carboxylic acid groups (broad SMARTS) is 1. The summed E-state index contributed by atoms with van der Waals surface area (Å²) in [5.41, 5.74) is -0.223. The van der Waals surface area contributed by atoms with Crippen molar-refractivity contribution < 1.29 is 14.7 Å². The van der Waals surface area contributed by atoms with Crippen molar-refractivity contribution in [1.82, 2.24) is 10.3 Å². The number of aliphatic carboxylic acids is 1. The van der Waals surface area contributed by atoms with Crippen molar-refractivity contribution in [2.24, 2.45) is 0 Å². The van der Waals surface area contributed by atoms with Crippen LogP contribution in [0.2, 0.25) is 0 Å². The summed E-state index contributed by atoms with van der Waals surface area (Å²) in [5, 5.41) is 11.4. The molecule has 0 atom stereocenters. The highest BCUT2D eigenvalue weighted by Gasteiger charge is 2.46. The first kappa shape index (κ1) is 10.6. The number of aromatic nitrogens is 1. The second-order valence-electron chi connectivity index (χ2n) is 4.02. The predicted molar refractivity (Wildman–Crippen MR) is 55.9 cm³/mol. The van der Waals surface area contributed by atoms with Gasteiger partial charge in [0.1, 0.15) is 5.69 Å². The van der Waals surface area contributed by atoms with Gasteiger partial charge in [0.25, 0.3) is 5.91 Å². The number of hydrogen-bond acceptors (Lipinski definition) is 3. The van der Waals surface area contributed by atoms with Crippen LogP contribution in [0.4, 0.5) is 0 Å². The lowest BCUT2D eigenvalue weighted by atomic mass is 10.1. The molecule has 0 saturated heterocycles. The van der Waals surface area contributed by atoms with Gasteiger partial charge in [0.2, 0.25) is 0 Å². The lowest BCUT2D eigenvalue weighted by molar-refractivity contribution is -0.137. The predicted octanol–water partition coefficient (Wildman–Crippen LogP) is 0.819. The first-order valence-electron chi connectivity index (χ1n) is 5.07. The Kier molecular flexibility index (Phi) is 2.60. The minimum atomic E-state index is -0.890. The summed E-state index contributed by atoms with van der Waals surface area (Å²) >= 11 is 0. The zero-order chi connectivity index (χ0) is 11.6. The second-order valence-corrected chi connectivity index (χ2v) is 4.02. The molecule has 5 heteroatoms. The molecule has 1 aliphatic carbocycles. The van der Waals surface area contributed by atoms with Crippen LogP contribution in [0.3, 0.4) is 0 Å². The van der Waals surface area contributed by atoms with Gasteiger partial charge in [-0.15, -0.1) is 0 Å². The average molecular weight is 220 g/mol. The number of nitrogens with zero attached hydrogens (tertiary/aromatic N) is 1. The fourth-order valence-corrected chi connectivity index (χ4v) is 1.59. The summed E-state index contributed by atoms with van der Waals surface area (Å²) < 4.78 is 0. The summed E-state index contributed by atoms with van der Waals surface area (Å²) in [6.45, 7) is 0. The fourth-order valence-electron chi connectivity index (χ4n) is 1.59.